The Kier molecular flexibility index (Phi) is 5.23. The van der Waals surface area contributed by atoms with E-state index in [9.17, 15) is 10.1 Å². The zero-order valence-corrected chi connectivity index (χ0v) is 17.5. The number of anilines is 3. The van der Waals surface area contributed by atoms with Crippen molar-refractivity contribution in [3.8, 4) is 23.0 Å². The molecule has 2 aliphatic heterocycles. The molecule has 1 saturated heterocycles. The van der Waals surface area contributed by atoms with Gasteiger partial charge in [0.05, 0.1) is 4.92 Å². The zero-order valence-electron chi connectivity index (χ0n) is 17.5. The third-order valence-electron chi connectivity index (χ3n) is 5.50. The van der Waals surface area contributed by atoms with E-state index < -0.39 is 4.92 Å². The van der Waals surface area contributed by atoms with Gasteiger partial charge < -0.3 is 29.0 Å². The van der Waals surface area contributed by atoms with Crippen LogP contribution >= 0.6 is 0 Å². The van der Waals surface area contributed by atoms with Crippen molar-refractivity contribution in [2.75, 3.05) is 56.7 Å². The molecule has 0 bridgehead atoms. The zero-order chi connectivity index (χ0) is 22.1. The molecule has 5 rings (SSSR count). The summed E-state index contributed by atoms with van der Waals surface area (Å²) in [6.07, 6.45) is 0. The Labute approximate surface area is 183 Å². The largest absolute Gasteiger partial charge is 0.486 e. The van der Waals surface area contributed by atoms with Crippen molar-refractivity contribution in [2.45, 2.75) is 0 Å². The summed E-state index contributed by atoms with van der Waals surface area (Å²) in [5, 5.41) is 22.8. The average molecular weight is 438 g/mol. The first-order chi connectivity index (χ1) is 15.6. The Morgan fingerprint density at radius 2 is 1.78 bits per heavy atom. The van der Waals surface area contributed by atoms with E-state index in [4.69, 9.17) is 13.9 Å². The van der Waals surface area contributed by atoms with Gasteiger partial charge in [0.25, 0.3) is 11.6 Å². The first-order valence-electron chi connectivity index (χ1n) is 10.3. The van der Waals surface area contributed by atoms with Crippen LogP contribution in [0.1, 0.15) is 0 Å². The molecule has 0 atom stereocenters. The molecule has 11 nitrogen and oxygen atoms in total. The summed E-state index contributed by atoms with van der Waals surface area (Å²) < 4.78 is 16.8. The van der Waals surface area contributed by atoms with Crippen LogP contribution in [-0.2, 0) is 0 Å². The number of benzene rings is 2. The van der Waals surface area contributed by atoms with Gasteiger partial charge in [-0.3, -0.25) is 10.1 Å². The molecule has 0 saturated carbocycles. The molecule has 2 aromatic carbocycles. The number of fused-ring (bicyclic) bond motifs is 1. The van der Waals surface area contributed by atoms with Gasteiger partial charge in [0.1, 0.15) is 18.8 Å². The van der Waals surface area contributed by atoms with Crippen molar-refractivity contribution in [3.63, 3.8) is 0 Å². The van der Waals surface area contributed by atoms with Crippen LogP contribution < -0.4 is 19.7 Å². The number of ether oxygens (including phenoxy) is 2. The second-order valence-corrected chi connectivity index (χ2v) is 7.64. The lowest BCUT2D eigenvalue weighted by Crippen LogP contribution is -2.44. The highest BCUT2D eigenvalue weighted by Crippen LogP contribution is 2.36. The summed E-state index contributed by atoms with van der Waals surface area (Å²) in [4.78, 5) is 15.7. The molecular weight excluding hydrogens is 416 g/mol. The molecule has 1 aromatic heterocycles. The molecule has 1 N–H and O–H groups in total. The van der Waals surface area contributed by atoms with Gasteiger partial charge in [0.15, 0.2) is 11.5 Å². The van der Waals surface area contributed by atoms with E-state index in [0.717, 1.165) is 31.9 Å². The van der Waals surface area contributed by atoms with Gasteiger partial charge in [0.2, 0.25) is 0 Å². The predicted octanol–water partition coefficient (Wildman–Crippen LogP) is 2.91. The fourth-order valence-electron chi connectivity index (χ4n) is 3.74. The minimum absolute atomic E-state index is 0.0710. The molecule has 11 heteroatoms. The van der Waals surface area contributed by atoms with Crippen LogP contribution in [0, 0.1) is 10.1 Å². The number of hydrogen-bond donors (Lipinski definition) is 1. The third kappa shape index (κ3) is 4.02. The Morgan fingerprint density at radius 1 is 1.00 bits per heavy atom. The maximum absolute atomic E-state index is 11.8. The standard InChI is InChI=1S/C21H22N6O5/c1-25-6-8-26(9-7-25)15-3-4-16(17(13-15)27(28)29)20-23-24-21(32-20)22-14-2-5-18-19(12-14)31-11-10-30-18/h2-5,12-13H,6-11H2,1H3,(H,22,24). The van der Waals surface area contributed by atoms with Crippen molar-refractivity contribution >= 4 is 23.1 Å². The van der Waals surface area contributed by atoms with Crippen LogP contribution in [0.4, 0.5) is 23.1 Å². The number of hydrogen-bond acceptors (Lipinski definition) is 10. The lowest BCUT2D eigenvalue weighted by molar-refractivity contribution is -0.384. The Hall–Kier alpha value is -3.86. The van der Waals surface area contributed by atoms with E-state index in [1.54, 1.807) is 30.3 Å². The van der Waals surface area contributed by atoms with Crippen LogP contribution in [0.15, 0.2) is 40.8 Å². The number of aromatic nitrogens is 2. The van der Waals surface area contributed by atoms with Crippen LogP contribution in [0.2, 0.25) is 0 Å². The lowest BCUT2D eigenvalue weighted by atomic mass is 10.1. The highest BCUT2D eigenvalue weighted by Gasteiger charge is 2.24. The van der Waals surface area contributed by atoms with Crippen LogP contribution in [0.3, 0.4) is 0 Å². The first kappa shape index (κ1) is 20.1. The SMILES string of the molecule is CN1CCN(c2ccc(-c3nnc(Nc4ccc5c(c4)OCCO5)o3)c([N+](=O)[O-])c2)CC1. The monoisotopic (exact) mass is 438 g/mol. The average Bonchev–Trinajstić information content (AvgIpc) is 3.27. The number of nitrogens with one attached hydrogen (secondary N) is 1. The minimum atomic E-state index is -0.424. The van der Waals surface area contributed by atoms with Gasteiger partial charge in [-0.25, -0.2) is 0 Å². The molecule has 0 spiro atoms. The molecular formula is C21H22N6O5. The summed E-state index contributed by atoms with van der Waals surface area (Å²) in [5.74, 6) is 1.36. The highest BCUT2D eigenvalue weighted by atomic mass is 16.6. The summed E-state index contributed by atoms with van der Waals surface area (Å²) in [6, 6.07) is 10.6. The molecule has 3 heterocycles. The number of piperazine rings is 1. The van der Waals surface area contributed by atoms with Gasteiger partial charge >= 0.3 is 6.01 Å². The molecule has 0 aliphatic carbocycles. The maximum Gasteiger partial charge on any atom is 0.320 e. The number of nitro groups is 1. The second kappa shape index (κ2) is 8.35. The summed E-state index contributed by atoms with van der Waals surface area (Å²) in [6.45, 7) is 4.45. The van der Waals surface area contributed by atoms with Gasteiger partial charge in [-0.2, -0.15) is 0 Å². The van der Waals surface area contributed by atoms with Crippen LogP contribution in [-0.4, -0.2) is 66.5 Å². The topological polar surface area (TPSA) is 119 Å². The van der Waals surface area contributed by atoms with E-state index in [2.05, 4.69) is 32.4 Å². The van der Waals surface area contributed by atoms with Gasteiger partial charge in [-0.1, -0.05) is 5.10 Å². The van der Waals surface area contributed by atoms with E-state index >= 15 is 0 Å². The number of likely N-dealkylation sites (N-methyl/N-ethyl adjacent to an activating group) is 1. The molecule has 0 amide bonds. The smallest absolute Gasteiger partial charge is 0.320 e. The fourth-order valence-corrected chi connectivity index (χ4v) is 3.74. The minimum Gasteiger partial charge on any atom is -0.486 e. The highest BCUT2D eigenvalue weighted by molar-refractivity contribution is 5.72. The Morgan fingerprint density at radius 3 is 2.56 bits per heavy atom. The summed E-state index contributed by atoms with van der Waals surface area (Å²) >= 11 is 0. The van der Waals surface area contributed by atoms with Crippen molar-refractivity contribution < 1.29 is 18.8 Å². The predicted molar refractivity (Wildman–Crippen MR) is 117 cm³/mol. The lowest BCUT2D eigenvalue weighted by Gasteiger charge is -2.33. The molecule has 0 unspecified atom stereocenters. The van der Waals surface area contributed by atoms with Crippen molar-refractivity contribution in [1.29, 1.82) is 0 Å². The quantitative estimate of drug-likeness (QED) is 0.470. The summed E-state index contributed by atoms with van der Waals surface area (Å²) in [7, 11) is 2.06. The molecule has 1 fully saturated rings. The molecule has 2 aliphatic rings. The number of nitro benzene ring substituents is 1. The van der Waals surface area contributed by atoms with Crippen LogP contribution in [0.25, 0.3) is 11.5 Å². The third-order valence-corrected chi connectivity index (χ3v) is 5.50. The normalized spacial score (nSPS) is 16.1. The fraction of sp³-hybridized carbons (Fsp3) is 0.333. The van der Waals surface area contributed by atoms with E-state index in [1.165, 1.54) is 0 Å². The van der Waals surface area contributed by atoms with E-state index in [0.29, 0.717) is 30.4 Å². The molecule has 32 heavy (non-hydrogen) atoms. The number of rotatable bonds is 5. The van der Waals surface area contributed by atoms with E-state index in [-0.39, 0.29) is 23.2 Å². The van der Waals surface area contributed by atoms with Crippen molar-refractivity contribution in [2.24, 2.45) is 0 Å². The molecule has 166 valence electrons. The Balaban J connectivity index is 1.37. The van der Waals surface area contributed by atoms with E-state index in [1.807, 2.05) is 6.07 Å². The second-order valence-electron chi connectivity index (χ2n) is 7.64. The van der Waals surface area contributed by atoms with Gasteiger partial charge in [0, 0.05) is 49.7 Å². The van der Waals surface area contributed by atoms with Gasteiger partial charge in [-0.15, -0.1) is 5.10 Å². The molecule has 3 aromatic rings. The first-order valence-corrected chi connectivity index (χ1v) is 10.3. The summed E-state index contributed by atoms with van der Waals surface area (Å²) in [5.41, 5.74) is 1.68. The van der Waals surface area contributed by atoms with Crippen molar-refractivity contribution in [3.05, 3.63) is 46.5 Å². The van der Waals surface area contributed by atoms with Gasteiger partial charge in [-0.05, 0) is 31.3 Å². The maximum atomic E-state index is 11.8. The van der Waals surface area contributed by atoms with Crippen LogP contribution in [0.5, 0.6) is 11.5 Å². The number of nitrogens with zero attached hydrogens (tertiary/aromatic N) is 5. The van der Waals surface area contributed by atoms with Crippen molar-refractivity contribution in [1.82, 2.24) is 15.1 Å². The molecule has 0 radical (unpaired) electrons. The Bertz CT molecular complexity index is 1140.